The number of nitrogens with one attached hydrogen (secondary N) is 1. The van der Waals surface area contributed by atoms with Gasteiger partial charge in [0, 0.05) is 18.8 Å². The quantitative estimate of drug-likeness (QED) is 0.582. The van der Waals surface area contributed by atoms with Gasteiger partial charge >= 0.3 is 0 Å². The minimum atomic E-state index is -0.293. The van der Waals surface area contributed by atoms with Gasteiger partial charge in [-0.25, -0.2) is 4.98 Å². The maximum absolute atomic E-state index is 13.1. The number of carbonyl (C=O) groups excluding carboxylic acids is 1. The molecule has 142 valence electrons. The lowest BCUT2D eigenvalue weighted by atomic mass is 10.2. The van der Waals surface area contributed by atoms with Gasteiger partial charge in [-0.1, -0.05) is 30.0 Å². The number of aliphatic hydroxyl groups is 1. The number of pyridine rings is 1. The zero-order valence-corrected chi connectivity index (χ0v) is 16.9. The number of anilines is 1. The van der Waals surface area contributed by atoms with E-state index in [1.807, 2.05) is 26.8 Å². The van der Waals surface area contributed by atoms with Crippen molar-refractivity contribution in [1.29, 1.82) is 0 Å². The molecule has 0 spiro atoms. The molecule has 2 N–H and O–H groups in total. The Hall–Kier alpha value is -2.23. The zero-order valence-electron chi connectivity index (χ0n) is 15.2. The van der Waals surface area contributed by atoms with Gasteiger partial charge in [-0.3, -0.25) is 18.9 Å². The van der Waals surface area contributed by atoms with E-state index in [9.17, 15) is 9.59 Å². The van der Waals surface area contributed by atoms with Crippen LogP contribution in [0.3, 0.4) is 0 Å². The first-order valence-electron chi connectivity index (χ1n) is 8.49. The lowest BCUT2D eigenvalue weighted by molar-refractivity contribution is -0.123. The van der Waals surface area contributed by atoms with Gasteiger partial charge in [-0.2, -0.15) is 0 Å². The average Bonchev–Trinajstić information content (AvgIpc) is 2.90. The van der Waals surface area contributed by atoms with Gasteiger partial charge in [0.25, 0.3) is 11.5 Å². The average molecular weight is 405 g/mol. The Morgan fingerprint density at radius 2 is 2.15 bits per heavy atom. The largest absolute Gasteiger partial charge is 0.395 e. The topological polar surface area (TPSA) is 86.9 Å². The summed E-state index contributed by atoms with van der Waals surface area (Å²) in [7, 11) is 0. The van der Waals surface area contributed by atoms with E-state index in [4.69, 9.17) is 17.3 Å². The van der Waals surface area contributed by atoms with E-state index in [0.29, 0.717) is 20.7 Å². The van der Waals surface area contributed by atoms with Gasteiger partial charge in [0.2, 0.25) is 0 Å². The molecular formula is C18H20N4O3S2. The van der Waals surface area contributed by atoms with E-state index in [1.54, 1.807) is 12.3 Å². The van der Waals surface area contributed by atoms with Crippen molar-refractivity contribution in [3.05, 3.63) is 44.7 Å². The molecule has 1 amide bonds. The standard InChI is InChI=1S/C18H20N4O3S2/c1-10(2)22-17(25)13(27-18(22)26)9-12-14(19-6-8-23)20-15-11(3)5-4-7-21(15)16(12)24/h4-5,7,9-10,19,23H,6,8H2,1-3H3/b13-9+. The molecule has 0 bridgehead atoms. The fraction of sp³-hybridized carbons (Fsp3) is 0.333. The number of thioether (sulfide) groups is 1. The number of nitrogens with zero attached hydrogens (tertiary/aromatic N) is 3. The molecule has 27 heavy (non-hydrogen) atoms. The van der Waals surface area contributed by atoms with Crippen LogP contribution in [0.15, 0.2) is 28.0 Å². The minimum Gasteiger partial charge on any atom is -0.395 e. The van der Waals surface area contributed by atoms with Crippen LogP contribution in [0, 0.1) is 6.92 Å². The zero-order chi connectivity index (χ0) is 19.7. The van der Waals surface area contributed by atoms with Crippen LogP contribution in [0.5, 0.6) is 0 Å². The number of aryl methyl sites for hydroxylation is 1. The molecule has 0 unspecified atom stereocenters. The molecule has 1 aliphatic heterocycles. The highest BCUT2D eigenvalue weighted by Gasteiger charge is 2.34. The molecule has 9 heteroatoms. The summed E-state index contributed by atoms with van der Waals surface area (Å²) in [6.07, 6.45) is 3.18. The minimum absolute atomic E-state index is 0.0612. The third-order valence-corrected chi connectivity index (χ3v) is 5.43. The number of aliphatic hydroxyl groups excluding tert-OH is 1. The maximum Gasteiger partial charge on any atom is 0.267 e. The smallest absolute Gasteiger partial charge is 0.267 e. The predicted octanol–water partition coefficient (Wildman–Crippen LogP) is 2.02. The van der Waals surface area contributed by atoms with Crippen LogP contribution < -0.4 is 10.9 Å². The van der Waals surface area contributed by atoms with Gasteiger partial charge in [0.05, 0.1) is 17.1 Å². The summed E-state index contributed by atoms with van der Waals surface area (Å²) in [4.78, 5) is 32.2. The normalized spacial score (nSPS) is 16.2. The SMILES string of the molecule is Cc1cccn2c(=O)c(/C=C3/SC(=S)N(C(C)C)C3=O)c(NCCO)nc12. The molecule has 1 saturated heterocycles. The monoisotopic (exact) mass is 404 g/mol. The highest BCUT2D eigenvalue weighted by Crippen LogP contribution is 2.34. The number of hydrogen-bond donors (Lipinski definition) is 2. The van der Waals surface area contributed by atoms with Crippen LogP contribution in [-0.4, -0.2) is 48.8 Å². The van der Waals surface area contributed by atoms with Crippen LogP contribution in [0.25, 0.3) is 11.7 Å². The number of rotatable bonds is 5. The van der Waals surface area contributed by atoms with E-state index >= 15 is 0 Å². The van der Waals surface area contributed by atoms with Crippen molar-refractivity contribution in [2.75, 3.05) is 18.5 Å². The van der Waals surface area contributed by atoms with Crippen molar-refractivity contribution in [3.8, 4) is 0 Å². The fourth-order valence-corrected chi connectivity index (χ4v) is 4.31. The Kier molecular flexibility index (Phi) is 5.64. The Bertz CT molecular complexity index is 1010. The molecule has 3 rings (SSSR count). The molecule has 0 saturated carbocycles. The van der Waals surface area contributed by atoms with Crippen molar-refractivity contribution in [1.82, 2.24) is 14.3 Å². The van der Waals surface area contributed by atoms with Gasteiger partial charge < -0.3 is 10.4 Å². The Morgan fingerprint density at radius 3 is 2.78 bits per heavy atom. The number of carbonyl (C=O) groups is 1. The van der Waals surface area contributed by atoms with Crippen molar-refractivity contribution < 1.29 is 9.90 Å². The van der Waals surface area contributed by atoms with Crippen molar-refractivity contribution in [2.45, 2.75) is 26.8 Å². The Morgan fingerprint density at radius 1 is 1.41 bits per heavy atom. The molecule has 1 fully saturated rings. The van der Waals surface area contributed by atoms with Crippen LogP contribution in [0.2, 0.25) is 0 Å². The van der Waals surface area contributed by atoms with Gasteiger partial charge in [-0.15, -0.1) is 0 Å². The molecule has 1 aliphatic rings. The van der Waals surface area contributed by atoms with Crippen molar-refractivity contribution >= 4 is 51.7 Å². The maximum atomic E-state index is 13.1. The second kappa shape index (κ2) is 7.79. The number of amides is 1. The van der Waals surface area contributed by atoms with Crippen molar-refractivity contribution in [3.63, 3.8) is 0 Å². The summed E-state index contributed by atoms with van der Waals surface area (Å²) < 4.78 is 1.92. The summed E-state index contributed by atoms with van der Waals surface area (Å²) in [5.74, 6) is 0.111. The fourth-order valence-electron chi connectivity index (χ4n) is 2.81. The molecule has 0 aliphatic carbocycles. The summed E-state index contributed by atoms with van der Waals surface area (Å²) >= 11 is 6.47. The van der Waals surface area contributed by atoms with E-state index in [-0.39, 0.29) is 36.2 Å². The summed E-state index contributed by atoms with van der Waals surface area (Å²) in [5.41, 5.74) is 1.34. The first kappa shape index (κ1) is 19.5. The van der Waals surface area contributed by atoms with Crippen LogP contribution in [0.4, 0.5) is 5.82 Å². The molecule has 0 radical (unpaired) electrons. The van der Waals surface area contributed by atoms with Crippen molar-refractivity contribution in [2.24, 2.45) is 0 Å². The van der Waals surface area contributed by atoms with Crippen LogP contribution >= 0.6 is 24.0 Å². The summed E-state index contributed by atoms with van der Waals surface area (Å²) in [5, 5.41) is 12.1. The molecule has 2 aromatic rings. The lowest BCUT2D eigenvalue weighted by Gasteiger charge is -2.18. The molecule has 2 aromatic heterocycles. The van der Waals surface area contributed by atoms with Gasteiger partial charge in [0.1, 0.15) is 15.8 Å². The second-order valence-corrected chi connectivity index (χ2v) is 8.04. The summed E-state index contributed by atoms with van der Waals surface area (Å²) in [6, 6.07) is 3.58. The molecule has 7 nitrogen and oxygen atoms in total. The van der Waals surface area contributed by atoms with E-state index in [1.165, 1.54) is 27.1 Å². The van der Waals surface area contributed by atoms with Gasteiger partial charge in [-0.05, 0) is 38.5 Å². The summed E-state index contributed by atoms with van der Waals surface area (Å²) in [6.45, 7) is 5.77. The predicted molar refractivity (Wildman–Crippen MR) is 112 cm³/mol. The third-order valence-electron chi connectivity index (χ3n) is 4.10. The number of thiocarbonyl (C=S) groups is 1. The molecule has 3 heterocycles. The molecule has 0 atom stereocenters. The molecule has 0 aromatic carbocycles. The Balaban J connectivity index is 2.18. The van der Waals surface area contributed by atoms with Gasteiger partial charge in [0.15, 0.2) is 0 Å². The van der Waals surface area contributed by atoms with E-state index in [2.05, 4.69) is 10.3 Å². The molecular weight excluding hydrogens is 384 g/mol. The third kappa shape index (κ3) is 3.62. The van der Waals surface area contributed by atoms with Crippen LogP contribution in [0.1, 0.15) is 25.0 Å². The van der Waals surface area contributed by atoms with E-state index < -0.39 is 0 Å². The first-order valence-corrected chi connectivity index (χ1v) is 9.71. The number of fused-ring (bicyclic) bond motifs is 1. The first-order chi connectivity index (χ1) is 12.8. The Labute approximate surface area is 166 Å². The highest BCUT2D eigenvalue weighted by atomic mass is 32.2. The number of hydrogen-bond acceptors (Lipinski definition) is 7. The van der Waals surface area contributed by atoms with E-state index in [0.717, 1.165) is 5.56 Å². The second-order valence-electron chi connectivity index (χ2n) is 6.36. The highest BCUT2D eigenvalue weighted by molar-refractivity contribution is 8.26. The number of aromatic nitrogens is 2. The lowest BCUT2D eigenvalue weighted by Crippen LogP contribution is -2.34. The van der Waals surface area contributed by atoms with Crippen LogP contribution in [-0.2, 0) is 4.79 Å².